The number of unbranched alkanes of at least 4 members (excludes halogenated alkanes) is 1. The maximum atomic E-state index is 11.9. The summed E-state index contributed by atoms with van der Waals surface area (Å²) in [5, 5.41) is 2.51. The van der Waals surface area contributed by atoms with Gasteiger partial charge in [-0.2, -0.15) is 0 Å². The number of nitrogens with one attached hydrogen (secondary N) is 1. The smallest absolute Gasteiger partial charge is 0.437 e. The van der Waals surface area contributed by atoms with E-state index in [-0.39, 0.29) is 5.96 Å². The molecular weight excluding hydrogens is 298 g/mol. The van der Waals surface area contributed by atoms with Gasteiger partial charge in [0.2, 0.25) is 5.96 Å². The molecule has 134 valence electrons. The molecule has 0 aliphatic rings. The van der Waals surface area contributed by atoms with E-state index in [9.17, 15) is 9.59 Å². The molecule has 1 N–H and O–H groups in total. The van der Waals surface area contributed by atoms with Gasteiger partial charge in [0.1, 0.15) is 11.2 Å². The summed E-state index contributed by atoms with van der Waals surface area (Å²) in [5.41, 5.74) is -1.29. The van der Waals surface area contributed by atoms with Gasteiger partial charge in [0.25, 0.3) is 0 Å². The summed E-state index contributed by atoms with van der Waals surface area (Å²) in [7, 11) is 1.75. The van der Waals surface area contributed by atoms with E-state index in [4.69, 9.17) is 9.47 Å². The highest BCUT2D eigenvalue weighted by atomic mass is 16.6. The lowest BCUT2D eigenvalue weighted by molar-refractivity contribution is 0.0555. The standard InChI is InChI=1S/C16H31N3O4/c1-9-10-11-19(8)12(17-13(20)22-15(2,3)4)18-14(21)23-16(5,6)7/h9-11H2,1-8H3,(H,17,18,20,21). The summed E-state index contributed by atoms with van der Waals surface area (Å²) in [4.78, 5) is 29.4. The quantitative estimate of drug-likeness (QED) is 0.633. The van der Waals surface area contributed by atoms with Crippen molar-refractivity contribution >= 4 is 18.1 Å². The van der Waals surface area contributed by atoms with Crippen LogP contribution in [-0.4, -0.2) is 47.8 Å². The number of alkyl carbamates (subject to hydrolysis) is 1. The Morgan fingerprint density at radius 3 is 2.00 bits per heavy atom. The Kier molecular flexibility index (Phi) is 8.06. The third kappa shape index (κ3) is 11.4. The summed E-state index contributed by atoms with van der Waals surface area (Å²) < 4.78 is 10.4. The van der Waals surface area contributed by atoms with Gasteiger partial charge >= 0.3 is 12.2 Å². The zero-order valence-electron chi connectivity index (χ0n) is 15.6. The first kappa shape index (κ1) is 21.2. The van der Waals surface area contributed by atoms with Crippen molar-refractivity contribution in [3.8, 4) is 0 Å². The fraction of sp³-hybridized carbons (Fsp3) is 0.812. The summed E-state index contributed by atoms with van der Waals surface area (Å²) in [6.45, 7) is 13.2. The first-order valence-electron chi connectivity index (χ1n) is 7.87. The lowest BCUT2D eigenvalue weighted by Gasteiger charge is -2.24. The van der Waals surface area contributed by atoms with Crippen LogP contribution in [0.5, 0.6) is 0 Å². The normalized spacial score (nSPS) is 12.6. The van der Waals surface area contributed by atoms with Crippen molar-refractivity contribution in [2.75, 3.05) is 13.6 Å². The summed E-state index contributed by atoms with van der Waals surface area (Å²) in [6.07, 6.45) is 0.464. The predicted octanol–water partition coefficient (Wildman–Crippen LogP) is 3.53. The van der Waals surface area contributed by atoms with Gasteiger partial charge < -0.3 is 14.4 Å². The molecule has 0 atom stereocenters. The van der Waals surface area contributed by atoms with Crippen LogP contribution in [0.25, 0.3) is 0 Å². The second-order valence-corrected chi connectivity index (χ2v) is 7.32. The van der Waals surface area contributed by atoms with Crippen LogP contribution in [0.3, 0.4) is 0 Å². The van der Waals surface area contributed by atoms with Crippen molar-refractivity contribution in [2.45, 2.75) is 72.5 Å². The molecule has 0 saturated carbocycles. The minimum atomic E-state index is -0.757. The van der Waals surface area contributed by atoms with E-state index in [1.807, 2.05) is 0 Å². The third-order valence-electron chi connectivity index (χ3n) is 2.41. The molecule has 0 spiro atoms. The highest BCUT2D eigenvalue weighted by Gasteiger charge is 2.21. The molecule has 0 saturated heterocycles. The summed E-state index contributed by atoms with van der Waals surface area (Å²) >= 11 is 0. The van der Waals surface area contributed by atoms with Crippen molar-refractivity contribution in [3.05, 3.63) is 0 Å². The van der Waals surface area contributed by atoms with Crippen LogP contribution in [0.2, 0.25) is 0 Å². The van der Waals surface area contributed by atoms with Gasteiger partial charge in [-0.25, -0.2) is 9.59 Å². The molecule has 0 aromatic heterocycles. The lowest BCUT2D eigenvalue weighted by Crippen LogP contribution is -2.45. The Bertz CT molecular complexity index is 434. The Hall–Kier alpha value is -1.79. The maximum Gasteiger partial charge on any atom is 0.437 e. The number of nitrogens with zero attached hydrogens (tertiary/aromatic N) is 2. The van der Waals surface area contributed by atoms with Gasteiger partial charge in [0.05, 0.1) is 0 Å². The largest absolute Gasteiger partial charge is 0.444 e. The first-order chi connectivity index (χ1) is 10.3. The third-order valence-corrected chi connectivity index (χ3v) is 2.41. The second kappa shape index (κ2) is 8.74. The van der Waals surface area contributed by atoms with Crippen LogP contribution in [0.4, 0.5) is 9.59 Å². The van der Waals surface area contributed by atoms with E-state index >= 15 is 0 Å². The second-order valence-electron chi connectivity index (χ2n) is 7.32. The topological polar surface area (TPSA) is 80.2 Å². The van der Waals surface area contributed by atoms with Gasteiger partial charge in [-0.1, -0.05) is 13.3 Å². The molecule has 0 heterocycles. The monoisotopic (exact) mass is 329 g/mol. The van der Waals surface area contributed by atoms with Crippen molar-refractivity contribution < 1.29 is 19.1 Å². The van der Waals surface area contributed by atoms with Gasteiger partial charge in [0.15, 0.2) is 0 Å². The SMILES string of the molecule is CCCCN(C)/C(=N\C(=O)OC(C)(C)C)NC(=O)OC(C)(C)C. The average Bonchev–Trinajstić information content (AvgIpc) is 2.30. The van der Waals surface area contributed by atoms with Crippen LogP contribution in [-0.2, 0) is 9.47 Å². The van der Waals surface area contributed by atoms with Crippen molar-refractivity contribution in [2.24, 2.45) is 4.99 Å². The van der Waals surface area contributed by atoms with Gasteiger partial charge in [-0.15, -0.1) is 4.99 Å². The van der Waals surface area contributed by atoms with Gasteiger partial charge in [0, 0.05) is 13.6 Å². The molecule has 0 bridgehead atoms. The van der Waals surface area contributed by atoms with Crippen molar-refractivity contribution in [1.82, 2.24) is 10.2 Å². The molecular formula is C16H31N3O4. The number of carbonyl (C=O) groups is 2. The van der Waals surface area contributed by atoms with Gasteiger partial charge in [-0.3, -0.25) is 5.32 Å². The number of aliphatic imine (C=N–C) groups is 1. The van der Waals surface area contributed by atoms with Crippen LogP contribution in [0, 0.1) is 0 Å². The number of guanidine groups is 1. The Morgan fingerprint density at radius 2 is 1.57 bits per heavy atom. The minimum absolute atomic E-state index is 0.113. The average molecular weight is 329 g/mol. The van der Waals surface area contributed by atoms with E-state index in [2.05, 4.69) is 17.2 Å². The first-order valence-corrected chi connectivity index (χ1v) is 7.87. The molecule has 0 aliphatic heterocycles. The lowest BCUT2D eigenvalue weighted by atomic mass is 10.2. The molecule has 0 aromatic rings. The molecule has 7 heteroatoms. The predicted molar refractivity (Wildman–Crippen MR) is 90.6 cm³/mol. The molecule has 0 rings (SSSR count). The number of rotatable bonds is 3. The Morgan fingerprint density at radius 1 is 1.04 bits per heavy atom. The fourth-order valence-electron chi connectivity index (χ4n) is 1.48. The van der Waals surface area contributed by atoms with E-state index in [0.29, 0.717) is 6.54 Å². The van der Waals surface area contributed by atoms with E-state index < -0.39 is 23.4 Å². The van der Waals surface area contributed by atoms with E-state index in [0.717, 1.165) is 12.8 Å². The minimum Gasteiger partial charge on any atom is -0.444 e. The summed E-state index contributed by atoms with van der Waals surface area (Å²) in [5.74, 6) is 0.113. The number of hydrogen-bond donors (Lipinski definition) is 1. The molecule has 2 amide bonds. The number of amides is 2. The van der Waals surface area contributed by atoms with E-state index in [1.165, 1.54) is 0 Å². The fourth-order valence-corrected chi connectivity index (χ4v) is 1.48. The number of hydrogen-bond acceptors (Lipinski definition) is 4. The van der Waals surface area contributed by atoms with Crippen LogP contribution >= 0.6 is 0 Å². The van der Waals surface area contributed by atoms with E-state index in [1.54, 1.807) is 53.5 Å². The highest BCUT2D eigenvalue weighted by Crippen LogP contribution is 2.09. The number of carbonyl (C=O) groups excluding carboxylic acids is 2. The molecule has 0 radical (unpaired) electrons. The molecule has 7 nitrogen and oxygen atoms in total. The Balaban J connectivity index is 5.08. The van der Waals surface area contributed by atoms with Gasteiger partial charge in [-0.05, 0) is 48.0 Å². The van der Waals surface area contributed by atoms with Crippen molar-refractivity contribution in [1.29, 1.82) is 0 Å². The molecule has 0 fully saturated rings. The number of ether oxygens (including phenoxy) is 2. The maximum absolute atomic E-state index is 11.9. The molecule has 0 aliphatic carbocycles. The van der Waals surface area contributed by atoms with Crippen molar-refractivity contribution in [3.63, 3.8) is 0 Å². The molecule has 0 aromatic carbocycles. The molecule has 0 unspecified atom stereocenters. The van der Waals surface area contributed by atoms with Crippen LogP contribution < -0.4 is 5.32 Å². The van der Waals surface area contributed by atoms with Crippen LogP contribution in [0.1, 0.15) is 61.3 Å². The van der Waals surface area contributed by atoms with Crippen LogP contribution in [0.15, 0.2) is 4.99 Å². The Labute approximate surface area is 139 Å². The highest BCUT2D eigenvalue weighted by molar-refractivity contribution is 5.98. The molecule has 23 heavy (non-hydrogen) atoms. The zero-order chi connectivity index (χ0) is 18.3. The zero-order valence-corrected chi connectivity index (χ0v) is 15.6. The summed E-state index contributed by atoms with van der Waals surface area (Å²) in [6, 6.07) is 0.